The summed E-state index contributed by atoms with van der Waals surface area (Å²) in [6, 6.07) is 11.2. The minimum atomic E-state index is -3.82. The molecule has 0 radical (unpaired) electrons. The largest absolute Gasteiger partial charge is 0.454 e. The summed E-state index contributed by atoms with van der Waals surface area (Å²) in [5, 5.41) is 2.91. The summed E-state index contributed by atoms with van der Waals surface area (Å²) in [6.07, 6.45) is 0.742. The van der Waals surface area contributed by atoms with Gasteiger partial charge in [-0.15, -0.1) is 0 Å². The van der Waals surface area contributed by atoms with Crippen LogP contribution in [0.4, 0.5) is 5.69 Å². The fraction of sp³-hybridized carbons (Fsp3) is 0.440. The Labute approximate surface area is 220 Å². The standard InChI is InChI=1S/C25H32BrN3O6S/c1-5-17(3)27-25(31)18(4)28(14-19-7-9-20(26)10-8-19)24(30)15-29(36(32,33)6-2)21-11-12-22-23(13-21)35-16-34-22/h7-13,17-18H,5-6,14-16H2,1-4H3,(H,27,31). The summed E-state index contributed by atoms with van der Waals surface area (Å²) >= 11 is 3.40. The molecule has 36 heavy (non-hydrogen) atoms. The average Bonchev–Trinajstić information content (AvgIpc) is 3.34. The van der Waals surface area contributed by atoms with Crippen molar-refractivity contribution in [3.05, 3.63) is 52.5 Å². The summed E-state index contributed by atoms with van der Waals surface area (Å²) in [5.41, 5.74) is 1.09. The lowest BCUT2D eigenvalue weighted by Gasteiger charge is -2.32. The van der Waals surface area contributed by atoms with Crippen molar-refractivity contribution in [2.45, 2.75) is 52.7 Å². The molecule has 2 atom stereocenters. The number of halogens is 1. The highest BCUT2D eigenvalue weighted by Gasteiger charge is 2.32. The Hall–Kier alpha value is -2.79. The van der Waals surface area contributed by atoms with Crippen molar-refractivity contribution in [2.24, 2.45) is 0 Å². The minimum Gasteiger partial charge on any atom is -0.454 e. The Morgan fingerprint density at radius 3 is 2.36 bits per heavy atom. The molecule has 0 bridgehead atoms. The molecule has 1 aliphatic heterocycles. The summed E-state index contributed by atoms with van der Waals surface area (Å²) in [7, 11) is -3.82. The molecule has 2 amide bonds. The van der Waals surface area contributed by atoms with E-state index in [1.165, 1.54) is 11.8 Å². The lowest BCUT2D eigenvalue weighted by Crippen LogP contribution is -2.52. The second-order valence-electron chi connectivity index (χ2n) is 8.59. The predicted octanol–water partition coefficient (Wildman–Crippen LogP) is 3.67. The molecule has 0 aromatic heterocycles. The number of carbonyl (C=O) groups excluding carboxylic acids is 2. The van der Waals surface area contributed by atoms with E-state index in [1.807, 2.05) is 38.1 Å². The molecule has 3 rings (SSSR count). The highest BCUT2D eigenvalue weighted by atomic mass is 79.9. The van der Waals surface area contributed by atoms with Crippen molar-refractivity contribution >= 4 is 43.5 Å². The van der Waals surface area contributed by atoms with Crippen LogP contribution in [0.3, 0.4) is 0 Å². The van der Waals surface area contributed by atoms with Gasteiger partial charge in [0.2, 0.25) is 28.6 Å². The lowest BCUT2D eigenvalue weighted by atomic mass is 10.1. The number of ether oxygens (including phenoxy) is 2. The SMILES string of the molecule is CCC(C)NC(=O)C(C)N(Cc1ccc(Br)cc1)C(=O)CN(c1ccc2c(c1)OCO2)S(=O)(=O)CC. The van der Waals surface area contributed by atoms with E-state index >= 15 is 0 Å². The summed E-state index contributed by atoms with van der Waals surface area (Å²) in [5.74, 6) is -0.0940. The van der Waals surface area contributed by atoms with Gasteiger partial charge in [-0.1, -0.05) is 35.0 Å². The number of nitrogens with zero attached hydrogens (tertiary/aromatic N) is 2. The maximum atomic E-state index is 13.7. The first kappa shape index (κ1) is 27.8. The zero-order valence-corrected chi connectivity index (χ0v) is 23.3. The van der Waals surface area contributed by atoms with Crippen molar-refractivity contribution in [2.75, 3.05) is 23.4 Å². The average molecular weight is 583 g/mol. The number of fused-ring (bicyclic) bond motifs is 1. The van der Waals surface area contributed by atoms with Crippen molar-refractivity contribution in [3.8, 4) is 11.5 Å². The second-order valence-corrected chi connectivity index (χ2v) is 11.7. The lowest BCUT2D eigenvalue weighted by molar-refractivity contribution is -0.139. The van der Waals surface area contributed by atoms with Gasteiger partial charge in [0.15, 0.2) is 11.5 Å². The maximum absolute atomic E-state index is 13.7. The summed E-state index contributed by atoms with van der Waals surface area (Å²) < 4.78 is 38.7. The van der Waals surface area contributed by atoms with Gasteiger partial charge in [-0.3, -0.25) is 13.9 Å². The number of hydrogen-bond acceptors (Lipinski definition) is 6. The summed E-state index contributed by atoms with van der Waals surface area (Å²) in [6.45, 7) is 6.73. The molecule has 1 N–H and O–H groups in total. The smallest absolute Gasteiger partial charge is 0.244 e. The number of sulfonamides is 1. The number of benzene rings is 2. The van der Waals surface area contributed by atoms with Crippen LogP contribution in [0.1, 0.15) is 39.7 Å². The second kappa shape index (κ2) is 12.0. The van der Waals surface area contributed by atoms with Crippen LogP contribution in [0.5, 0.6) is 11.5 Å². The Balaban J connectivity index is 1.93. The van der Waals surface area contributed by atoms with E-state index in [0.717, 1.165) is 20.8 Å². The van der Waals surface area contributed by atoms with E-state index in [2.05, 4.69) is 21.2 Å². The summed E-state index contributed by atoms with van der Waals surface area (Å²) in [4.78, 5) is 28.0. The first-order valence-corrected chi connectivity index (χ1v) is 14.2. The fourth-order valence-corrected chi connectivity index (χ4v) is 4.91. The van der Waals surface area contributed by atoms with E-state index in [-0.39, 0.29) is 36.7 Å². The monoisotopic (exact) mass is 581 g/mol. The van der Waals surface area contributed by atoms with Crippen LogP contribution < -0.4 is 19.1 Å². The quantitative estimate of drug-likeness (QED) is 0.434. The van der Waals surface area contributed by atoms with Gasteiger partial charge in [-0.25, -0.2) is 8.42 Å². The highest BCUT2D eigenvalue weighted by Crippen LogP contribution is 2.36. The minimum absolute atomic E-state index is 0.0437. The molecule has 196 valence electrons. The van der Waals surface area contributed by atoms with Gasteiger partial charge in [-0.2, -0.15) is 0 Å². The van der Waals surface area contributed by atoms with Gasteiger partial charge < -0.3 is 19.7 Å². The van der Waals surface area contributed by atoms with E-state index in [9.17, 15) is 18.0 Å². The zero-order chi connectivity index (χ0) is 26.5. The molecule has 1 heterocycles. The molecule has 0 aliphatic carbocycles. The van der Waals surface area contributed by atoms with Gasteiger partial charge in [0, 0.05) is 23.1 Å². The van der Waals surface area contributed by atoms with Crippen LogP contribution in [-0.2, 0) is 26.2 Å². The number of anilines is 1. The molecule has 0 saturated heterocycles. The topological polar surface area (TPSA) is 105 Å². The zero-order valence-electron chi connectivity index (χ0n) is 20.9. The van der Waals surface area contributed by atoms with Crippen molar-refractivity contribution in [1.82, 2.24) is 10.2 Å². The molecule has 9 nitrogen and oxygen atoms in total. The maximum Gasteiger partial charge on any atom is 0.244 e. The Morgan fingerprint density at radius 1 is 1.06 bits per heavy atom. The van der Waals surface area contributed by atoms with E-state index < -0.39 is 28.5 Å². The molecule has 0 spiro atoms. The fourth-order valence-electron chi connectivity index (χ4n) is 3.59. The van der Waals surface area contributed by atoms with Crippen LogP contribution in [0.15, 0.2) is 46.9 Å². The van der Waals surface area contributed by atoms with Crippen LogP contribution in [0, 0.1) is 0 Å². The molecule has 11 heteroatoms. The third-order valence-electron chi connectivity index (χ3n) is 6.06. The van der Waals surface area contributed by atoms with E-state index in [0.29, 0.717) is 11.5 Å². The van der Waals surface area contributed by atoms with Crippen LogP contribution in [0.2, 0.25) is 0 Å². The van der Waals surface area contributed by atoms with Crippen molar-refractivity contribution in [1.29, 1.82) is 0 Å². The number of carbonyl (C=O) groups is 2. The predicted molar refractivity (Wildman–Crippen MR) is 141 cm³/mol. The van der Waals surface area contributed by atoms with E-state index in [4.69, 9.17) is 9.47 Å². The molecule has 0 fully saturated rings. The van der Waals surface area contributed by atoms with Crippen molar-refractivity contribution in [3.63, 3.8) is 0 Å². The normalized spacial score (nSPS) is 14.1. The molecule has 0 saturated carbocycles. The first-order valence-electron chi connectivity index (χ1n) is 11.8. The first-order chi connectivity index (χ1) is 17.1. The third kappa shape index (κ3) is 6.70. The molecule has 2 unspecified atom stereocenters. The molecule has 1 aliphatic rings. The van der Waals surface area contributed by atoms with Gasteiger partial charge in [0.05, 0.1) is 11.4 Å². The van der Waals surface area contributed by atoms with Crippen LogP contribution in [-0.4, -0.2) is 56.3 Å². The highest BCUT2D eigenvalue weighted by molar-refractivity contribution is 9.10. The third-order valence-corrected chi connectivity index (χ3v) is 8.33. The molecule has 2 aromatic carbocycles. The Morgan fingerprint density at radius 2 is 1.72 bits per heavy atom. The van der Waals surface area contributed by atoms with Gasteiger partial charge >= 0.3 is 0 Å². The molecular formula is C25H32BrN3O6S. The number of hydrogen-bond donors (Lipinski definition) is 1. The molecule has 2 aromatic rings. The number of nitrogens with one attached hydrogen (secondary N) is 1. The van der Waals surface area contributed by atoms with E-state index in [1.54, 1.807) is 25.1 Å². The number of amides is 2. The Kier molecular flexibility index (Phi) is 9.24. The Bertz CT molecular complexity index is 1190. The van der Waals surface area contributed by atoms with Gasteiger partial charge in [-0.05, 0) is 57.0 Å². The molecular weight excluding hydrogens is 550 g/mol. The van der Waals surface area contributed by atoms with Crippen molar-refractivity contribution < 1.29 is 27.5 Å². The van der Waals surface area contributed by atoms with Gasteiger partial charge in [0.25, 0.3) is 0 Å². The van der Waals surface area contributed by atoms with Crippen LogP contribution in [0.25, 0.3) is 0 Å². The van der Waals surface area contributed by atoms with Crippen LogP contribution >= 0.6 is 15.9 Å². The van der Waals surface area contributed by atoms with Gasteiger partial charge in [0.1, 0.15) is 12.6 Å². The number of rotatable bonds is 11.